The molecule has 10 heteroatoms. The number of pyridine rings is 1. The number of anilines is 1. The summed E-state index contributed by atoms with van der Waals surface area (Å²) in [5, 5.41) is 10.2. The van der Waals surface area contributed by atoms with Gasteiger partial charge in [0, 0.05) is 16.2 Å². The first kappa shape index (κ1) is 26.3. The fraction of sp³-hybridized carbons (Fsp3) is 0.107. The molecule has 0 aliphatic carbocycles. The number of halogens is 1. The summed E-state index contributed by atoms with van der Waals surface area (Å²) in [6, 6.07) is 20.4. The van der Waals surface area contributed by atoms with Crippen molar-refractivity contribution >= 4 is 39.3 Å². The van der Waals surface area contributed by atoms with Crippen molar-refractivity contribution in [2.24, 2.45) is 5.73 Å². The van der Waals surface area contributed by atoms with Gasteiger partial charge in [-0.05, 0) is 35.9 Å². The number of ketones is 1. The molecule has 0 fully saturated rings. The van der Waals surface area contributed by atoms with Gasteiger partial charge in [-0.15, -0.1) is 0 Å². The molecule has 1 unspecified atom stereocenters. The molecule has 1 atom stereocenters. The Morgan fingerprint density at radius 1 is 1.00 bits per heavy atom. The number of rotatable bonds is 6. The van der Waals surface area contributed by atoms with Crippen molar-refractivity contribution in [1.29, 1.82) is 5.26 Å². The van der Waals surface area contributed by atoms with Crippen molar-refractivity contribution in [3.63, 3.8) is 0 Å². The van der Waals surface area contributed by atoms with Crippen molar-refractivity contribution in [3.8, 4) is 6.07 Å². The molecular formula is C28H21BrN4O5. The molecule has 1 aromatic heterocycles. The third-order valence-corrected chi connectivity index (χ3v) is 6.45. The van der Waals surface area contributed by atoms with E-state index in [1.807, 2.05) is 0 Å². The first-order valence-corrected chi connectivity index (χ1v) is 12.0. The summed E-state index contributed by atoms with van der Waals surface area (Å²) < 4.78 is 10.7. The van der Waals surface area contributed by atoms with Crippen LogP contribution in [0.15, 0.2) is 100 Å². The second kappa shape index (κ2) is 11.1. The second-order valence-corrected chi connectivity index (χ2v) is 8.96. The van der Waals surface area contributed by atoms with Gasteiger partial charge in [-0.1, -0.05) is 52.3 Å². The van der Waals surface area contributed by atoms with Crippen LogP contribution in [0, 0.1) is 11.3 Å². The van der Waals surface area contributed by atoms with Gasteiger partial charge in [-0.2, -0.15) is 5.26 Å². The predicted molar refractivity (Wildman–Crippen MR) is 141 cm³/mol. The number of carbonyl (C=O) groups is 3. The average molecular weight is 573 g/mol. The fourth-order valence-electron chi connectivity index (χ4n) is 4.28. The van der Waals surface area contributed by atoms with Crippen LogP contribution in [0.4, 0.5) is 5.69 Å². The summed E-state index contributed by atoms with van der Waals surface area (Å²) >= 11 is 3.38. The molecule has 4 rings (SSSR count). The molecule has 1 aliphatic heterocycles. The molecule has 0 spiro atoms. The highest BCUT2D eigenvalue weighted by molar-refractivity contribution is 9.10. The third-order valence-electron chi connectivity index (χ3n) is 5.95. The summed E-state index contributed by atoms with van der Waals surface area (Å²) in [4.78, 5) is 45.5. The summed E-state index contributed by atoms with van der Waals surface area (Å²) in [5.41, 5.74) is 7.07. The van der Waals surface area contributed by atoms with Gasteiger partial charge in [0.25, 0.3) is 0 Å². The van der Waals surface area contributed by atoms with Gasteiger partial charge in [0.05, 0.1) is 43.0 Å². The molecule has 1 aliphatic rings. The van der Waals surface area contributed by atoms with Gasteiger partial charge in [-0.3, -0.25) is 14.7 Å². The van der Waals surface area contributed by atoms with Crippen LogP contribution in [0.1, 0.15) is 27.5 Å². The van der Waals surface area contributed by atoms with Crippen molar-refractivity contribution < 1.29 is 23.9 Å². The maximum Gasteiger partial charge on any atom is 0.355 e. The molecule has 190 valence electrons. The van der Waals surface area contributed by atoms with Crippen molar-refractivity contribution in [2.75, 3.05) is 19.1 Å². The number of esters is 2. The van der Waals surface area contributed by atoms with Gasteiger partial charge < -0.3 is 15.2 Å². The normalized spacial score (nSPS) is 15.1. The standard InChI is InChI=1S/C28H21BrN4O5/c1-37-27(35)23-22(16-8-4-3-5-9-16)19(15-30)26(31)33(24(23)28(36)38-2)21-12-11-17(29)14-18(21)25(34)20-10-6-7-13-32-20/h3-14,22H,31H2,1-2H3. The van der Waals surface area contributed by atoms with Crippen LogP contribution in [-0.2, 0) is 19.1 Å². The summed E-state index contributed by atoms with van der Waals surface area (Å²) in [7, 11) is 2.32. The zero-order valence-electron chi connectivity index (χ0n) is 20.3. The molecule has 2 N–H and O–H groups in total. The first-order chi connectivity index (χ1) is 18.3. The van der Waals surface area contributed by atoms with E-state index in [1.165, 1.54) is 18.2 Å². The Morgan fingerprint density at radius 3 is 2.29 bits per heavy atom. The van der Waals surface area contributed by atoms with E-state index < -0.39 is 23.6 Å². The number of hydrogen-bond acceptors (Lipinski definition) is 9. The summed E-state index contributed by atoms with van der Waals surface area (Å²) in [5.74, 6) is -3.41. The number of benzene rings is 2. The third kappa shape index (κ3) is 4.67. The predicted octanol–water partition coefficient (Wildman–Crippen LogP) is 3.97. The van der Waals surface area contributed by atoms with Crippen LogP contribution in [0.5, 0.6) is 0 Å². The number of allylic oxidation sites excluding steroid dienone is 1. The van der Waals surface area contributed by atoms with E-state index in [9.17, 15) is 19.6 Å². The van der Waals surface area contributed by atoms with Gasteiger partial charge >= 0.3 is 11.9 Å². The quantitative estimate of drug-likeness (QED) is 0.343. The smallest absolute Gasteiger partial charge is 0.355 e. The van der Waals surface area contributed by atoms with Gasteiger partial charge in [0.15, 0.2) is 0 Å². The molecule has 0 radical (unpaired) electrons. The number of nitriles is 1. The lowest BCUT2D eigenvalue weighted by Gasteiger charge is -2.36. The molecule has 0 saturated carbocycles. The van der Waals surface area contributed by atoms with E-state index in [2.05, 4.69) is 27.0 Å². The van der Waals surface area contributed by atoms with Gasteiger partial charge in [-0.25, -0.2) is 9.59 Å². The molecule has 0 bridgehead atoms. The number of aromatic nitrogens is 1. The minimum absolute atomic E-state index is 0.0107. The van der Waals surface area contributed by atoms with E-state index in [0.717, 1.165) is 7.11 Å². The zero-order chi connectivity index (χ0) is 27.4. The Morgan fingerprint density at radius 2 is 1.68 bits per heavy atom. The second-order valence-electron chi connectivity index (χ2n) is 8.04. The van der Waals surface area contributed by atoms with E-state index in [4.69, 9.17) is 15.2 Å². The number of ether oxygens (including phenoxy) is 2. The zero-order valence-corrected chi connectivity index (χ0v) is 21.9. The number of carbonyl (C=O) groups excluding carboxylic acids is 3. The Bertz CT molecular complexity index is 1530. The van der Waals surface area contributed by atoms with E-state index in [-0.39, 0.29) is 39.6 Å². The molecule has 38 heavy (non-hydrogen) atoms. The lowest BCUT2D eigenvalue weighted by atomic mass is 9.80. The van der Waals surface area contributed by atoms with Crippen LogP contribution in [0.2, 0.25) is 0 Å². The molecular weight excluding hydrogens is 552 g/mol. The molecule has 3 aromatic rings. The number of methoxy groups -OCH3 is 2. The van der Waals surface area contributed by atoms with Crippen molar-refractivity contribution in [3.05, 3.63) is 117 Å². The number of hydrogen-bond donors (Lipinski definition) is 1. The minimum atomic E-state index is -1.02. The molecule has 0 saturated heterocycles. The lowest BCUT2D eigenvalue weighted by molar-refractivity contribution is -0.139. The number of nitrogens with zero attached hydrogens (tertiary/aromatic N) is 3. The molecule has 0 amide bonds. The Kier molecular flexibility index (Phi) is 7.69. The summed E-state index contributed by atoms with van der Waals surface area (Å²) in [6.07, 6.45) is 1.48. The van der Waals surface area contributed by atoms with E-state index >= 15 is 0 Å². The first-order valence-electron chi connectivity index (χ1n) is 11.2. The maximum absolute atomic E-state index is 13.6. The maximum atomic E-state index is 13.6. The highest BCUT2D eigenvalue weighted by Crippen LogP contribution is 2.44. The summed E-state index contributed by atoms with van der Waals surface area (Å²) in [6.45, 7) is 0. The van der Waals surface area contributed by atoms with E-state index in [0.29, 0.717) is 10.0 Å². The number of nitrogens with two attached hydrogens (primary N) is 1. The molecule has 2 aromatic carbocycles. The van der Waals surface area contributed by atoms with Crippen LogP contribution < -0.4 is 10.6 Å². The van der Waals surface area contributed by atoms with Crippen LogP contribution in [-0.4, -0.2) is 36.9 Å². The van der Waals surface area contributed by atoms with E-state index in [1.54, 1.807) is 66.7 Å². The van der Waals surface area contributed by atoms with Crippen LogP contribution >= 0.6 is 15.9 Å². The SMILES string of the molecule is COC(=O)C1=C(C(=O)OC)N(c2ccc(Br)cc2C(=O)c2ccccn2)C(N)=C(C#N)C1c1ccccc1. The highest BCUT2D eigenvalue weighted by atomic mass is 79.9. The van der Waals surface area contributed by atoms with Crippen LogP contribution in [0.3, 0.4) is 0 Å². The highest BCUT2D eigenvalue weighted by Gasteiger charge is 2.43. The Balaban J connectivity index is 2.08. The van der Waals surface area contributed by atoms with Gasteiger partial charge in [0.1, 0.15) is 17.2 Å². The van der Waals surface area contributed by atoms with Crippen molar-refractivity contribution in [1.82, 2.24) is 4.98 Å². The average Bonchev–Trinajstić information content (AvgIpc) is 2.96. The lowest BCUT2D eigenvalue weighted by Crippen LogP contribution is -2.41. The molecule has 2 heterocycles. The minimum Gasteiger partial charge on any atom is -0.466 e. The topological polar surface area (TPSA) is 136 Å². The van der Waals surface area contributed by atoms with Gasteiger partial charge in [0.2, 0.25) is 5.78 Å². The largest absolute Gasteiger partial charge is 0.466 e. The monoisotopic (exact) mass is 572 g/mol. The van der Waals surface area contributed by atoms with Crippen LogP contribution in [0.25, 0.3) is 0 Å². The molecule has 9 nitrogen and oxygen atoms in total. The van der Waals surface area contributed by atoms with Crippen molar-refractivity contribution in [2.45, 2.75) is 5.92 Å². The fourth-order valence-corrected chi connectivity index (χ4v) is 4.64. The Hall–Kier alpha value is -4.75. The Labute approximate surface area is 226 Å².